The number of hydrogen-bond donors (Lipinski definition) is 1. The summed E-state index contributed by atoms with van der Waals surface area (Å²) in [7, 11) is 1.87. The molecule has 1 atom stereocenters. The predicted molar refractivity (Wildman–Crippen MR) is 73.4 cm³/mol. The molecule has 2 rings (SSSR count). The Labute approximate surface area is 117 Å². The third kappa shape index (κ3) is 3.36. The van der Waals surface area contributed by atoms with E-state index >= 15 is 0 Å². The molecule has 0 bridgehead atoms. The van der Waals surface area contributed by atoms with Crippen molar-refractivity contribution < 1.29 is 8.78 Å². The minimum Gasteiger partial charge on any atom is -0.313 e. The van der Waals surface area contributed by atoms with Gasteiger partial charge in [0.15, 0.2) is 0 Å². The van der Waals surface area contributed by atoms with Crippen molar-refractivity contribution in [3.8, 4) is 0 Å². The Kier molecular flexibility index (Phi) is 4.39. The molecule has 0 fully saturated rings. The maximum absolute atomic E-state index is 13.1. The fourth-order valence-electron chi connectivity index (χ4n) is 2.09. The molecule has 1 aromatic carbocycles. The molecule has 0 saturated heterocycles. The summed E-state index contributed by atoms with van der Waals surface area (Å²) < 4.78 is 26.3. The fourth-order valence-corrected chi connectivity index (χ4v) is 2.09. The molecule has 0 radical (unpaired) electrons. The highest BCUT2D eigenvalue weighted by atomic mass is 19.1. The first-order valence-corrected chi connectivity index (χ1v) is 6.44. The van der Waals surface area contributed by atoms with Gasteiger partial charge in [0.25, 0.3) is 0 Å². The largest absolute Gasteiger partial charge is 0.313 e. The van der Waals surface area contributed by atoms with Crippen molar-refractivity contribution >= 4 is 0 Å². The van der Waals surface area contributed by atoms with Crippen LogP contribution in [0.25, 0.3) is 0 Å². The minimum absolute atomic E-state index is 0.163. The molecule has 1 heterocycles. The van der Waals surface area contributed by atoms with Gasteiger partial charge in [-0.15, -0.1) is 0 Å². The van der Waals surface area contributed by atoms with Crippen molar-refractivity contribution in [3.63, 3.8) is 0 Å². The summed E-state index contributed by atoms with van der Waals surface area (Å²) in [5.74, 6) is -0.617. The highest BCUT2D eigenvalue weighted by Gasteiger charge is 2.10. The topological polar surface area (TPSA) is 37.8 Å². The van der Waals surface area contributed by atoms with E-state index in [0.717, 1.165) is 17.3 Å². The van der Waals surface area contributed by atoms with Gasteiger partial charge < -0.3 is 5.32 Å². The van der Waals surface area contributed by atoms with E-state index in [4.69, 9.17) is 0 Å². The molecule has 1 aromatic heterocycles. The summed E-state index contributed by atoms with van der Waals surface area (Å²) in [6.07, 6.45) is 2.07. The van der Waals surface area contributed by atoms with E-state index in [1.165, 1.54) is 12.1 Å². The Morgan fingerprint density at radius 3 is 2.40 bits per heavy atom. The van der Waals surface area contributed by atoms with Crippen LogP contribution in [0.2, 0.25) is 0 Å². The van der Waals surface area contributed by atoms with Crippen LogP contribution in [0.1, 0.15) is 35.6 Å². The third-order valence-corrected chi connectivity index (χ3v) is 3.25. The van der Waals surface area contributed by atoms with Gasteiger partial charge in [-0.2, -0.15) is 0 Å². The molecule has 0 aliphatic heterocycles. The zero-order valence-corrected chi connectivity index (χ0v) is 11.7. The lowest BCUT2D eigenvalue weighted by molar-refractivity contribution is 0.580. The number of aromatic nitrogens is 2. The Balaban J connectivity index is 2.24. The highest BCUT2D eigenvalue weighted by molar-refractivity contribution is 5.24. The summed E-state index contributed by atoms with van der Waals surface area (Å²) in [6.45, 7) is 3.92. The maximum atomic E-state index is 13.1. The van der Waals surface area contributed by atoms with Crippen molar-refractivity contribution in [2.45, 2.75) is 26.3 Å². The van der Waals surface area contributed by atoms with Crippen LogP contribution in [0.4, 0.5) is 8.78 Å². The van der Waals surface area contributed by atoms with E-state index in [0.29, 0.717) is 17.8 Å². The second kappa shape index (κ2) is 6.05. The first-order chi connectivity index (χ1) is 9.49. The Bertz CT molecular complexity index is 594. The van der Waals surface area contributed by atoms with E-state index in [9.17, 15) is 8.78 Å². The number of hydrogen-bond acceptors (Lipinski definition) is 3. The number of halogens is 2. The highest BCUT2D eigenvalue weighted by Crippen LogP contribution is 2.16. The van der Waals surface area contributed by atoms with Gasteiger partial charge in [-0.1, -0.05) is 0 Å². The van der Waals surface area contributed by atoms with Crippen LogP contribution < -0.4 is 5.32 Å². The van der Waals surface area contributed by atoms with E-state index in [2.05, 4.69) is 15.3 Å². The number of rotatable bonds is 4. The Morgan fingerprint density at radius 2 is 1.85 bits per heavy atom. The molecular weight excluding hydrogens is 260 g/mol. The lowest BCUT2D eigenvalue weighted by Crippen LogP contribution is -2.15. The van der Waals surface area contributed by atoms with Crippen LogP contribution in [-0.2, 0) is 6.42 Å². The summed E-state index contributed by atoms with van der Waals surface area (Å²) in [5.41, 5.74) is 2.41. The molecule has 5 heteroatoms. The summed E-state index contributed by atoms with van der Waals surface area (Å²) in [6, 6.07) is 3.61. The van der Waals surface area contributed by atoms with Gasteiger partial charge in [0.05, 0.1) is 0 Å². The van der Waals surface area contributed by atoms with E-state index in [1.807, 2.05) is 20.9 Å². The van der Waals surface area contributed by atoms with Crippen molar-refractivity contribution in [2.24, 2.45) is 0 Å². The van der Waals surface area contributed by atoms with Gasteiger partial charge in [0.1, 0.15) is 17.5 Å². The van der Waals surface area contributed by atoms with Crippen molar-refractivity contribution in [1.29, 1.82) is 0 Å². The van der Waals surface area contributed by atoms with Gasteiger partial charge in [0.2, 0.25) is 0 Å². The SMILES string of the molecule is CNC(C)c1cnc(Cc2cc(F)cc(F)c2)nc1C. The van der Waals surface area contributed by atoms with Crippen LogP contribution in [-0.4, -0.2) is 17.0 Å². The van der Waals surface area contributed by atoms with E-state index in [-0.39, 0.29) is 6.04 Å². The van der Waals surface area contributed by atoms with Crippen LogP contribution in [0.15, 0.2) is 24.4 Å². The Hall–Kier alpha value is -1.88. The second-order valence-electron chi connectivity index (χ2n) is 4.79. The van der Waals surface area contributed by atoms with E-state index in [1.54, 1.807) is 6.20 Å². The molecule has 0 aliphatic rings. The zero-order chi connectivity index (χ0) is 14.7. The summed E-state index contributed by atoms with van der Waals surface area (Å²) >= 11 is 0. The van der Waals surface area contributed by atoms with Crippen molar-refractivity contribution in [3.05, 3.63) is 58.7 Å². The van der Waals surface area contributed by atoms with Crippen LogP contribution in [0, 0.1) is 18.6 Å². The predicted octanol–water partition coefficient (Wildman–Crippen LogP) is 2.93. The van der Waals surface area contributed by atoms with Gasteiger partial charge in [-0.25, -0.2) is 18.7 Å². The number of nitrogens with one attached hydrogen (secondary N) is 1. The average Bonchev–Trinajstić information content (AvgIpc) is 2.36. The molecule has 0 saturated carbocycles. The average molecular weight is 277 g/mol. The van der Waals surface area contributed by atoms with Crippen molar-refractivity contribution in [1.82, 2.24) is 15.3 Å². The van der Waals surface area contributed by atoms with Gasteiger partial charge >= 0.3 is 0 Å². The van der Waals surface area contributed by atoms with E-state index < -0.39 is 11.6 Å². The molecule has 1 N–H and O–H groups in total. The monoisotopic (exact) mass is 277 g/mol. The molecular formula is C15H17F2N3. The van der Waals surface area contributed by atoms with Crippen molar-refractivity contribution in [2.75, 3.05) is 7.05 Å². The van der Waals surface area contributed by atoms with Gasteiger partial charge in [0, 0.05) is 36.0 Å². The molecule has 0 amide bonds. The normalized spacial score (nSPS) is 12.4. The molecule has 106 valence electrons. The van der Waals surface area contributed by atoms with Crippen LogP contribution >= 0.6 is 0 Å². The van der Waals surface area contributed by atoms with Gasteiger partial charge in [-0.3, -0.25) is 0 Å². The second-order valence-corrected chi connectivity index (χ2v) is 4.79. The third-order valence-electron chi connectivity index (χ3n) is 3.25. The molecule has 2 aromatic rings. The first kappa shape index (κ1) is 14.5. The lowest BCUT2D eigenvalue weighted by atomic mass is 10.1. The number of aryl methyl sites for hydroxylation is 1. The number of nitrogens with zero attached hydrogens (tertiary/aromatic N) is 2. The van der Waals surface area contributed by atoms with Gasteiger partial charge in [-0.05, 0) is 38.6 Å². The first-order valence-electron chi connectivity index (χ1n) is 6.44. The summed E-state index contributed by atoms with van der Waals surface area (Å²) in [5, 5.41) is 3.13. The molecule has 1 unspecified atom stereocenters. The Morgan fingerprint density at radius 1 is 1.20 bits per heavy atom. The standard InChI is InChI=1S/C15H17F2N3/c1-9(18-3)14-8-19-15(20-10(14)2)6-11-4-12(16)7-13(17)5-11/h4-5,7-9,18H,6H2,1-3H3. The quantitative estimate of drug-likeness (QED) is 0.933. The van der Waals surface area contributed by atoms with Crippen LogP contribution in [0.3, 0.4) is 0 Å². The number of benzene rings is 1. The zero-order valence-electron chi connectivity index (χ0n) is 11.7. The molecule has 3 nitrogen and oxygen atoms in total. The fraction of sp³-hybridized carbons (Fsp3) is 0.333. The minimum atomic E-state index is -0.586. The smallest absolute Gasteiger partial charge is 0.132 e. The van der Waals surface area contributed by atoms with Crippen LogP contribution in [0.5, 0.6) is 0 Å². The maximum Gasteiger partial charge on any atom is 0.132 e. The summed E-state index contributed by atoms with van der Waals surface area (Å²) in [4.78, 5) is 8.67. The lowest BCUT2D eigenvalue weighted by Gasteiger charge is -2.13. The molecule has 20 heavy (non-hydrogen) atoms. The molecule has 0 spiro atoms. The molecule has 0 aliphatic carbocycles.